The van der Waals surface area contributed by atoms with Crippen LogP contribution in [0.15, 0.2) is 97.6 Å². The predicted octanol–water partition coefficient (Wildman–Crippen LogP) is 12.9. The van der Waals surface area contributed by atoms with E-state index in [1.54, 1.807) is 14.2 Å². The SMILES string of the molecule is COc1ccc(/C=C/c2cc[n+](CCCCCCCCCCSSCCCCCCCCCC[n+]3ccc(/C=C/c4ccc(OC)cc4)cc3)cc2)cc1. The van der Waals surface area contributed by atoms with Crippen LogP contribution in [0.2, 0.25) is 0 Å². The molecule has 0 radical (unpaired) electrons. The molecule has 0 N–H and O–H groups in total. The molecule has 2 aromatic heterocycles. The lowest BCUT2D eigenvalue weighted by Crippen LogP contribution is -2.32. The second kappa shape index (κ2) is 28.0. The zero-order valence-electron chi connectivity index (χ0n) is 33.2. The number of hydrogen-bond acceptors (Lipinski definition) is 4. The number of nitrogens with zero attached hydrogens (tertiary/aromatic N) is 2. The third-order valence-corrected chi connectivity index (χ3v) is 12.5. The van der Waals surface area contributed by atoms with Crippen LogP contribution >= 0.6 is 21.6 Å². The highest BCUT2D eigenvalue weighted by molar-refractivity contribution is 8.76. The van der Waals surface area contributed by atoms with Crippen molar-refractivity contribution in [1.29, 1.82) is 0 Å². The lowest BCUT2D eigenvalue weighted by Gasteiger charge is -2.04. The first-order chi connectivity index (χ1) is 26.7. The fourth-order valence-corrected chi connectivity index (χ4v) is 8.72. The number of pyridine rings is 2. The second-order valence-corrected chi connectivity index (χ2v) is 17.0. The summed E-state index contributed by atoms with van der Waals surface area (Å²) in [5.41, 5.74) is 4.82. The van der Waals surface area contributed by atoms with Gasteiger partial charge < -0.3 is 9.47 Å². The molecule has 2 aromatic carbocycles. The Morgan fingerprint density at radius 3 is 0.963 bits per heavy atom. The molecule has 4 nitrogen and oxygen atoms in total. The molecule has 4 aromatic rings. The molecule has 0 amide bonds. The van der Waals surface area contributed by atoms with Gasteiger partial charge in [-0.3, -0.25) is 0 Å². The van der Waals surface area contributed by atoms with Gasteiger partial charge in [0.1, 0.15) is 24.6 Å². The summed E-state index contributed by atoms with van der Waals surface area (Å²) in [7, 11) is 7.61. The predicted molar refractivity (Wildman–Crippen MR) is 236 cm³/mol. The Labute approximate surface area is 335 Å². The van der Waals surface area contributed by atoms with Crippen molar-refractivity contribution in [3.05, 3.63) is 120 Å². The Morgan fingerprint density at radius 1 is 0.370 bits per heavy atom. The largest absolute Gasteiger partial charge is 0.497 e. The van der Waals surface area contributed by atoms with E-state index in [0.717, 1.165) is 24.6 Å². The van der Waals surface area contributed by atoms with Gasteiger partial charge in [0, 0.05) is 48.6 Å². The number of rotatable bonds is 29. The number of ether oxygens (including phenoxy) is 2. The average molecular weight is 767 g/mol. The number of benzene rings is 2. The minimum Gasteiger partial charge on any atom is -0.497 e. The highest BCUT2D eigenvalue weighted by Gasteiger charge is 2.03. The number of unbranched alkanes of at least 4 members (excludes halogenated alkanes) is 14. The first-order valence-electron chi connectivity index (χ1n) is 20.6. The standard InChI is InChI=1S/C48H66N2O2S2/c1-51-47-27-23-43(24-28-47)19-21-45-31-37-49(38-32-45)35-15-11-7-3-5-9-13-17-41-53-54-42-18-14-10-6-4-8-12-16-36-50-39-33-46(34-40-50)22-20-44-25-29-48(52-2)30-26-44/h19-34,37-40H,3-18,35-36,41-42H2,1-2H3/q+2/b21-19+,22-20+. The number of aryl methyl sites for hydroxylation is 2. The monoisotopic (exact) mass is 766 g/mol. The lowest BCUT2D eigenvalue weighted by molar-refractivity contribution is -0.697. The van der Waals surface area contributed by atoms with Crippen molar-refractivity contribution in [3.8, 4) is 11.5 Å². The van der Waals surface area contributed by atoms with Gasteiger partial charge in [-0.15, -0.1) is 0 Å². The second-order valence-electron chi connectivity index (χ2n) is 14.3. The van der Waals surface area contributed by atoms with Crippen molar-refractivity contribution in [2.24, 2.45) is 0 Å². The van der Waals surface area contributed by atoms with Crippen LogP contribution in [0.1, 0.15) is 125 Å². The van der Waals surface area contributed by atoms with Crippen LogP contribution in [0, 0.1) is 0 Å². The van der Waals surface area contributed by atoms with Gasteiger partial charge in [0.25, 0.3) is 0 Å². The van der Waals surface area contributed by atoms with E-state index in [2.05, 4.69) is 128 Å². The van der Waals surface area contributed by atoms with Crippen LogP contribution in [0.5, 0.6) is 11.5 Å². The molecule has 0 aliphatic carbocycles. The molecule has 0 fully saturated rings. The molecule has 2 heterocycles. The minimum atomic E-state index is 0.891. The third-order valence-electron chi connectivity index (χ3n) is 9.87. The zero-order chi connectivity index (χ0) is 37.7. The van der Waals surface area contributed by atoms with Gasteiger partial charge in [0.05, 0.1) is 14.2 Å². The molecule has 6 heteroatoms. The van der Waals surface area contributed by atoms with E-state index >= 15 is 0 Å². The first kappa shape index (κ1) is 43.3. The van der Waals surface area contributed by atoms with Crippen LogP contribution in [0.4, 0.5) is 0 Å². The number of aromatic nitrogens is 2. The molecule has 54 heavy (non-hydrogen) atoms. The summed E-state index contributed by atoms with van der Waals surface area (Å²) in [4.78, 5) is 0. The molecule has 4 rings (SSSR count). The Morgan fingerprint density at radius 2 is 0.648 bits per heavy atom. The summed E-state index contributed by atoms with van der Waals surface area (Å²) < 4.78 is 15.1. The number of methoxy groups -OCH3 is 2. The van der Waals surface area contributed by atoms with E-state index < -0.39 is 0 Å². The Hall–Kier alpha value is -3.48. The maximum atomic E-state index is 5.24. The summed E-state index contributed by atoms with van der Waals surface area (Å²) in [6.45, 7) is 2.22. The van der Waals surface area contributed by atoms with Gasteiger partial charge in [-0.25, -0.2) is 9.13 Å². The van der Waals surface area contributed by atoms with Crippen LogP contribution in [-0.4, -0.2) is 25.7 Å². The molecule has 0 aliphatic heterocycles. The highest BCUT2D eigenvalue weighted by Crippen LogP contribution is 2.25. The summed E-state index contributed by atoms with van der Waals surface area (Å²) in [5.74, 6) is 4.43. The number of hydrogen-bond donors (Lipinski definition) is 0. The fourth-order valence-electron chi connectivity index (χ4n) is 6.42. The van der Waals surface area contributed by atoms with Crippen molar-refractivity contribution in [2.75, 3.05) is 25.7 Å². The molecule has 0 atom stereocenters. The van der Waals surface area contributed by atoms with E-state index in [0.29, 0.717) is 0 Å². The third kappa shape index (κ3) is 19.2. The minimum absolute atomic E-state index is 0.891. The topological polar surface area (TPSA) is 26.2 Å². The molecular weight excluding hydrogens is 701 g/mol. The molecule has 0 spiro atoms. The summed E-state index contributed by atoms with van der Waals surface area (Å²) in [6.07, 6.45) is 39.4. The van der Waals surface area contributed by atoms with Crippen molar-refractivity contribution in [2.45, 2.75) is 116 Å². The molecule has 0 aliphatic rings. The van der Waals surface area contributed by atoms with Crippen LogP contribution in [-0.2, 0) is 13.1 Å². The highest BCUT2D eigenvalue weighted by atomic mass is 33.1. The van der Waals surface area contributed by atoms with Crippen molar-refractivity contribution in [3.63, 3.8) is 0 Å². The first-order valence-corrected chi connectivity index (χ1v) is 23.1. The van der Waals surface area contributed by atoms with E-state index in [1.165, 1.54) is 136 Å². The normalized spacial score (nSPS) is 11.5. The molecular formula is C48H66N2O2S2+2. The van der Waals surface area contributed by atoms with Gasteiger partial charge in [-0.05, 0) is 72.2 Å². The Kier molecular flexibility index (Phi) is 22.4. The van der Waals surface area contributed by atoms with E-state index in [1.807, 2.05) is 24.3 Å². The maximum absolute atomic E-state index is 5.24. The van der Waals surface area contributed by atoms with Gasteiger partial charge in [0.15, 0.2) is 24.8 Å². The van der Waals surface area contributed by atoms with Crippen LogP contribution in [0.3, 0.4) is 0 Å². The molecule has 0 unspecified atom stereocenters. The molecule has 290 valence electrons. The molecule has 0 bridgehead atoms. The summed E-state index contributed by atoms with van der Waals surface area (Å²) in [6, 6.07) is 25.1. The van der Waals surface area contributed by atoms with Gasteiger partial charge >= 0.3 is 0 Å². The van der Waals surface area contributed by atoms with Crippen molar-refractivity contribution in [1.82, 2.24) is 0 Å². The van der Waals surface area contributed by atoms with Crippen LogP contribution in [0.25, 0.3) is 24.3 Å². The Bertz CT molecular complexity index is 1450. The average Bonchev–Trinajstić information content (AvgIpc) is 3.22. The smallest absolute Gasteiger partial charge is 0.169 e. The molecule has 0 saturated carbocycles. The quantitative estimate of drug-likeness (QED) is 0.0312. The van der Waals surface area contributed by atoms with Gasteiger partial charge in [0.2, 0.25) is 0 Å². The van der Waals surface area contributed by atoms with Gasteiger partial charge in [-0.1, -0.05) is 134 Å². The fraction of sp³-hybridized carbons (Fsp3) is 0.458. The lowest BCUT2D eigenvalue weighted by atomic mass is 10.1. The van der Waals surface area contributed by atoms with Crippen molar-refractivity contribution >= 4 is 45.9 Å². The van der Waals surface area contributed by atoms with Crippen LogP contribution < -0.4 is 18.6 Å². The van der Waals surface area contributed by atoms with Gasteiger partial charge in [-0.2, -0.15) is 0 Å². The van der Waals surface area contributed by atoms with E-state index in [-0.39, 0.29) is 0 Å². The van der Waals surface area contributed by atoms with E-state index in [9.17, 15) is 0 Å². The van der Waals surface area contributed by atoms with Crippen molar-refractivity contribution < 1.29 is 18.6 Å². The maximum Gasteiger partial charge on any atom is 0.169 e. The summed E-state index contributed by atoms with van der Waals surface area (Å²) >= 11 is 0. The van der Waals surface area contributed by atoms with E-state index in [4.69, 9.17) is 9.47 Å². The Balaban J connectivity index is 0.850. The molecule has 0 saturated heterocycles. The summed E-state index contributed by atoms with van der Waals surface area (Å²) in [5, 5.41) is 0. The zero-order valence-corrected chi connectivity index (χ0v) is 34.8.